The zero-order chi connectivity index (χ0) is 19.2. The number of nitrogens with zero attached hydrogens (tertiary/aromatic N) is 7. The highest BCUT2D eigenvalue weighted by Gasteiger charge is 2.36. The van der Waals surface area contributed by atoms with Gasteiger partial charge in [0.15, 0.2) is 0 Å². The molecule has 0 aromatic carbocycles. The van der Waals surface area contributed by atoms with Crippen molar-refractivity contribution in [2.24, 2.45) is 0 Å². The number of pyridine rings is 2. The molecule has 0 spiro atoms. The number of hydrogen-bond donors (Lipinski definition) is 1. The van der Waals surface area contributed by atoms with E-state index in [4.69, 9.17) is 9.52 Å². The van der Waals surface area contributed by atoms with E-state index in [0.29, 0.717) is 24.1 Å². The van der Waals surface area contributed by atoms with Crippen LogP contribution in [0.1, 0.15) is 23.1 Å². The number of imidazole rings is 1. The van der Waals surface area contributed by atoms with Gasteiger partial charge in [-0.3, -0.25) is 4.98 Å². The van der Waals surface area contributed by atoms with Crippen LogP contribution < -0.4 is 4.90 Å². The Labute approximate surface area is 165 Å². The zero-order valence-electron chi connectivity index (χ0n) is 15.3. The van der Waals surface area contributed by atoms with Crippen LogP contribution in [0.2, 0.25) is 0 Å². The van der Waals surface area contributed by atoms with Crippen molar-refractivity contribution in [2.45, 2.75) is 12.5 Å². The van der Waals surface area contributed by atoms with Crippen molar-refractivity contribution in [3.8, 4) is 11.6 Å². The Kier molecular flexibility index (Phi) is 3.45. The number of aromatic nitrogens is 7. The average Bonchev–Trinajstić information content (AvgIpc) is 3.52. The second kappa shape index (κ2) is 6.26. The second-order valence-electron chi connectivity index (χ2n) is 6.86. The van der Waals surface area contributed by atoms with Crippen molar-refractivity contribution >= 4 is 11.5 Å². The highest BCUT2D eigenvalue weighted by atomic mass is 16.4. The van der Waals surface area contributed by atoms with E-state index in [1.807, 2.05) is 47.1 Å². The molecule has 6 heterocycles. The molecule has 0 unspecified atom stereocenters. The van der Waals surface area contributed by atoms with Crippen molar-refractivity contribution in [3.05, 3.63) is 78.3 Å². The van der Waals surface area contributed by atoms with Crippen LogP contribution in [0, 0.1) is 0 Å². The minimum absolute atomic E-state index is 0.220. The third kappa shape index (κ3) is 2.59. The van der Waals surface area contributed by atoms with E-state index in [9.17, 15) is 0 Å². The summed E-state index contributed by atoms with van der Waals surface area (Å²) in [6.07, 6.45) is 6.17. The van der Waals surface area contributed by atoms with Crippen molar-refractivity contribution < 1.29 is 4.42 Å². The lowest BCUT2D eigenvalue weighted by molar-refractivity contribution is 0.502. The summed E-state index contributed by atoms with van der Waals surface area (Å²) in [5, 5.41) is 13.3. The molecular formula is C20H16N8O. The van der Waals surface area contributed by atoms with E-state index in [1.165, 1.54) is 0 Å². The molecule has 1 atom stereocenters. The molecule has 0 fully saturated rings. The molecule has 6 rings (SSSR count). The summed E-state index contributed by atoms with van der Waals surface area (Å²) < 4.78 is 7.86. The molecule has 5 aromatic rings. The smallest absolute Gasteiger partial charge is 0.319 e. The Morgan fingerprint density at radius 2 is 2.03 bits per heavy atom. The van der Waals surface area contributed by atoms with Gasteiger partial charge in [0.05, 0.1) is 23.2 Å². The van der Waals surface area contributed by atoms with E-state index in [-0.39, 0.29) is 6.04 Å². The summed E-state index contributed by atoms with van der Waals surface area (Å²) in [7, 11) is 0. The molecule has 1 aliphatic heterocycles. The lowest BCUT2D eigenvalue weighted by atomic mass is 10.0. The first kappa shape index (κ1) is 16.0. The van der Waals surface area contributed by atoms with Crippen LogP contribution in [0.25, 0.3) is 17.1 Å². The number of nitrogens with one attached hydrogen (secondary N) is 1. The van der Waals surface area contributed by atoms with Gasteiger partial charge in [0.2, 0.25) is 0 Å². The predicted molar refractivity (Wildman–Crippen MR) is 104 cm³/mol. The third-order valence-electron chi connectivity index (χ3n) is 5.14. The summed E-state index contributed by atoms with van der Waals surface area (Å²) in [5.74, 6) is 0.391. The van der Waals surface area contributed by atoms with Crippen LogP contribution in [0.5, 0.6) is 0 Å². The molecular weight excluding hydrogens is 368 g/mol. The monoisotopic (exact) mass is 384 g/mol. The number of rotatable bonds is 3. The first-order chi connectivity index (χ1) is 14.4. The summed E-state index contributed by atoms with van der Waals surface area (Å²) in [6, 6.07) is 13.9. The van der Waals surface area contributed by atoms with E-state index < -0.39 is 0 Å². The van der Waals surface area contributed by atoms with Crippen LogP contribution in [0.15, 0.2) is 65.6 Å². The molecule has 0 saturated heterocycles. The maximum atomic E-state index is 6.00. The molecule has 0 aliphatic carbocycles. The minimum atomic E-state index is -0.220. The van der Waals surface area contributed by atoms with Crippen LogP contribution in [-0.2, 0) is 6.42 Å². The average molecular weight is 384 g/mol. The van der Waals surface area contributed by atoms with Gasteiger partial charge >= 0.3 is 6.01 Å². The Morgan fingerprint density at radius 1 is 1.07 bits per heavy atom. The Morgan fingerprint density at radius 3 is 2.93 bits per heavy atom. The standard InChI is InChI=1S/C20H16N8O/c1-3-8-21-15(6-1)19-24-25-20(29-19)27-10-7-14-17(23-12-22-14)18(27)16-11-13-5-2-4-9-28(13)26-16/h1-6,8-9,11-12,18H,7,10H2,(H,22,23)/t18-/m0/s1. The molecule has 0 radical (unpaired) electrons. The van der Waals surface area contributed by atoms with Gasteiger partial charge in [-0.25, -0.2) is 9.50 Å². The van der Waals surface area contributed by atoms with Crippen molar-refractivity contribution in [3.63, 3.8) is 0 Å². The SMILES string of the molecule is c1ccc(-c2nnc(N3CCc4[nH]cnc4[C@@H]3c3cc4ccccn4n3)o2)nc1. The number of H-pyrrole nitrogens is 1. The molecule has 1 aliphatic rings. The molecule has 0 amide bonds. The number of fused-ring (bicyclic) bond motifs is 2. The summed E-state index contributed by atoms with van der Waals surface area (Å²) in [6.45, 7) is 0.706. The Hall–Kier alpha value is -4.01. The second-order valence-corrected chi connectivity index (χ2v) is 6.86. The van der Waals surface area contributed by atoms with Crippen LogP contribution in [0.3, 0.4) is 0 Å². The quantitative estimate of drug-likeness (QED) is 0.510. The summed E-state index contributed by atoms with van der Waals surface area (Å²) in [4.78, 5) is 14.2. The largest absolute Gasteiger partial charge is 0.402 e. The van der Waals surface area contributed by atoms with Gasteiger partial charge < -0.3 is 14.3 Å². The van der Waals surface area contributed by atoms with Gasteiger partial charge in [0.1, 0.15) is 11.7 Å². The number of aromatic amines is 1. The van der Waals surface area contributed by atoms with E-state index in [0.717, 1.165) is 29.0 Å². The third-order valence-corrected chi connectivity index (χ3v) is 5.14. The first-order valence-corrected chi connectivity index (χ1v) is 9.35. The number of anilines is 1. The van der Waals surface area contributed by atoms with Crippen LogP contribution >= 0.6 is 0 Å². The highest BCUT2D eigenvalue weighted by molar-refractivity contribution is 5.53. The Balaban J connectivity index is 1.45. The van der Waals surface area contributed by atoms with Gasteiger partial charge in [-0.2, -0.15) is 5.10 Å². The fourth-order valence-electron chi connectivity index (χ4n) is 3.80. The normalized spacial score (nSPS) is 16.3. The lowest BCUT2D eigenvalue weighted by Crippen LogP contribution is -2.36. The molecule has 29 heavy (non-hydrogen) atoms. The van der Waals surface area contributed by atoms with Crippen LogP contribution in [0.4, 0.5) is 6.01 Å². The molecule has 9 heteroatoms. The fraction of sp³-hybridized carbons (Fsp3) is 0.150. The molecule has 5 aromatic heterocycles. The molecule has 9 nitrogen and oxygen atoms in total. The van der Waals surface area contributed by atoms with Crippen molar-refractivity contribution in [2.75, 3.05) is 11.4 Å². The highest BCUT2D eigenvalue weighted by Crippen LogP contribution is 2.36. The first-order valence-electron chi connectivity index (χ1n) is 9.35. The van der Waals surface area contributed by atoms with Gasteiger partial charge in [-0.1, -0.05) is 17.2 Å². The fourth-order valence-corrected chi connectivity index (χ4v) is 3.80. The topological polar surface area (TPSA) is 101 Å². The van der Waals surface area contributed by atoms with Crippen molar-refractivity contribution in [1.29, 1.82) is 0 Å². The maximum absolute atomic E-state index is 6.00. The lowest BCUT2D eigenvalue weighted by Gasteiger charge is -2.32. The summed E-state index contributed by atoms with van der Waals surface area (Å²) in [5.41, 5.74) is 4.57. The zero-order valence-corrected chi connectivity index (χ0v) is 15.3. The van der Waals surface area contributed by atoms with Gasteiger partial charge in [-0.15, -0.1) is 5.10 Å². The van der Waals surface area contributed by atoms with Crippen molar-refractivity contribution in [1.82, 2.24) is 34.8 Å². The minimum Gasteiger partial charge on any atom is -0.402 e. The molecule has 1 N–H and O–H groups in total. The van der Waals surface area contributed by atoms with Crippen LogP contribution in [-0.4, -0.2) is 41.3 Å². The predicted octanol–water partition coefficient (Wildman–Crippen LogP) is 2.65. The maximum Gasteiger partial charge on any atom is 0.319 e. The van der Waals surface area contributed by atoms with E-state index >= 15 is 0 Å². The van der Waals surface area contributed by atoms with E-state index in [1.54, 1.807) is 12.5 Å². The van der Waals surface area contributed by atoms with Gasteiger partial charge in [0, 0.05) is 31.1 Å². The Bertz CT molecular complexity index is 1260. The molecule has 0 saturated carbocycles. The molecule has 0 bridgehead atoms. The van der Waals surface area contributed by atoms with Gasteiger partial charge in [0.25, 0.3) is 5.89 Å². The summed E-state index contributed by atoms with van der Waals surface area (Å²) >= 11 is 0. The van der Waals surface area contributed by atoms with E-state index in [2.05, 4.69) is 36.1 Å². The van der Waals surface area contributed by atoms with Gasteiger partial charge in [-0.05, 0) is 30.3 Å². The number of hydrogen-bond acceptors (Lipinski definition) is 7. The molecule has 142 valence electrons.